The summed E-state index contributed by atoms with van der Waals surface area (Å²) in [5.41, 5.74) is 2.72. The van der Waals surface area contributed by atoms with E-state index < -0.39 is 0 Å². The zero-order chi connectivity index (χ0) is 20.5. The molecule has 4 nitrogen and oxygen atoms in total. The molecule has 0 spiro atoms. The van der Waals surface area contributed by atoms with Crippen molar-refractivity contribution in [2.45, 2.75) is 44.7 Å². The Hall–Kier alpha value is -2.01. The molecule has 1 N–H and O–H groups in total. The Labute approximate surface area is 183 Å². The van der Waals surface area contributed by atoms with Crippen LogP contribution in [0.1, 0.15) is 37.7 Å². The molecule has 2 aliphatic rings. The predicted octanol–water partition coefficient (Wildman–Crippen LogP) is 5.91. The van der Waals surface area contributed by atoms with Gasteiger partial charge >= 0.3 is 0 Å². The SMILES string of the molecule is Oc1ccc2oc(-c3cccc(Cl)c3)cc2c1CN1CCC(N2CCCCC2)CC1. The minimum absolute atomic E-state index is 0.346. The Morgan fingerprint density at radius 1 is 0.967 bits per heavy atom. The molecule has 0 saturated carbocycles. The van der Waals surface area contributed by atoms with Crippen LogP contribution in [0.25, 0.3) is 22.3 Å². The minimum atomic E-state index is 0.346. The molecular weight excluding hydrogens is 396 g/mol. The normalized spacial score (nSPS) is 19.5. The first-order valence-electron chi connectivity index (χ1n) is 11.1. The summed E-state index contributed by atoms with van der Waals surface area (Å²) in [7, 11) is 0. The molecule has 2 fully saturated rings. The fourth-order valence-corrected chi connectivity index (χ4v) is 5.25. The van der Waals surface area contributed by atoms with Gasteiger partial charge in [-0.05, 0) is 82.2 Å². The van der Waals surface area contributed by atoms with Crippen LogP contribution in [0.4, 0.5) is 0 Å². The lowest BCUT2D eigenvalue weighted by atomic mass is 9.99. The maximum absolute atomic E-state index is 10.6. The first-order chi connectivity index (χ1) is 14.7. The highest BCUT2D eigenvalue weighted by molar-refractivity contribution is 6.30. The molecule has 1 aromatic heterocycles. The van der Waals surface area contributed by atoms with Crippen LogP contribution in [0.15, 0.2) is 46.9 Å². The van der Waals surface area contributed by atoms with E-state index in [2.05, 4.69) is 9.80 Å². The summed E-state index contributed by atoms with van der Waals surface area (Å²) in [6, 6.07) is 14.1. The first kappa shape index (κ1) is 19.9. The fourth-order valence-electron chi connectivity index (χ4n) is 5.06. The van der Waals surface area contributed by atoms with Crippen molar-refractivity contribution in [3.63, 3.8) is 0 Å². The van der Waals surface area contributed by atoms with Gasteiger partial charge in [-0.1, -0.05) is 30.2 Å². The number of nitrogens with zero attached hydrogens (tertiary/aromatic N) is 2. The van der Waals surface area contributed by atoms with Crippen molar-refractivity contribution >= 4 is 22.6 Å². The molecule has 158 valence electrons. The van der Waals surface area contributed by atoms with Gasteiger partial charge in [0.1, 0.15) is 17.1 Å². The van der Waals surface area contributed by atoms with Gasteiger partial charge in [-0.15, -0.1) is 0 Å². The number of phenols is 1. The Balaban J connectivity index is 1.33. The number of likely N-dealkylation sites (tertiary alicyclic amines) is 2. The van der Waals surface area contributed by atoms with E-state index in [9.17, 15) is 5.11 Å². The average molecular weight is 425 g/mol. The monoisotopic (exact) mass is 424 g/mol. The third kappa shape index (κ3) is 4.09. The van der Waals surface area contributed by atoms with Crippen LogP contribution in [0, 0.1) is 0 Å². The molecule has 0 unspecified atom stereocenters. The van der Waals surface area contributed by atoms with E-state index in [1.54, 1.807) is 6.07 Å². The number of fused-ring (bicyclic) bond motifs is 1. The largest absolute Gasteiger partial charge is 0.508 e. The van der Waals surface area contributed by atoms with Gasteiger partial charge < -0.3 is 14.4 Å². The van der Waals surface area contributed by atoms with Crippen LogP contribution >= 0.6 is 11.6 Å². The second kappa shape index (κ2) is 8.62. The lowest BCUT2D eigenvalue weighted by Crippen LogP contribution is -2.46. The lowest BCUT2D eigenvalue weighted by molar-refractivity contribution is 0.0895. The van der Waals surface area contributed by atoms with Crippen molar-refractivity contribution < 1.29 is 9.52 Å². The Morgan fingerprint density at radius 2 is 1.77 bits per heavy atom. The highest BCUT2D eigenvalue weighted by Crippen LogP contribution is 2.35. The van der Waals surface area contributed by atoms with Crippen molar-refractivity contribution in [2.24, 2.45) is 0 Å². The van der Waals surface area contributed by atoms with Crippen LogP contribution in [0.3, 0.4) is 0 Å². The molecule has 0 bridgehead atoms. The minimum Gasteiger partial charge on any atom is -0.508 e. The van der Waals surface area contributed by atoms with Gasteiger partial charge in [0.2, 0.25) is 0 Å². The first-order valence-corrected chi connectivity index (χ1v) is 11.5. The van der Waals surface area contributed by atoms with E-state index in [1.165, 1.54) is 45.2 Å². The molecule has 3 heterocycles. The van der Waals surface area contributed by atoms with Gasteiger partial charge in [-0.3, -0.25) is 4.90 Å². The predicted molar refractivity (Wildman–Crippen MR) is 122 cm³/mol. The highest BCUT2D eigenvalue weighted by atomic mass is 35.5. The number of halogens is 1. The summed E-state index contributed by atoms with van der Waals surface area (Å²) in [5, 5.41) is 12.3. The van der Waals surface area contributed by atoms with E-state index in [4.69, 9.17) is 16.0 Å². The van der Waals surface area contributed by atoms with Gasteiger partial charge in [-0.2, -0.15) is 0 Å². The molecule has 2 aliphatic heterocycles. The Morgan fingerprint density at radius 3 is 2.53 bits per heavy atom. The van der Waals surface area contributed by atoms with Crippen LogP contribution in [0.2, 0.25) is 5.02 Å². The lowest BCUT2D eigenvalue weighted by Gasteiger charge is -2.40. The topological polar surface area (TPSA) is 39.9 Å². The summed E-state index contributed by atoms with van der Waals surface area (Å²) in [5.74, 6) is 1.13. The van der Waals surface area contributed by atoms with E-state index in [0.29, 0.717) is 10.8 Å². The maximum atomic E-state index is 10.6. The number of hydrogen-bond donors (Lipinski definition) is 1. The van der Waals surface area contributed by atoms with Crippen molar-refractivity contribution in [3.8, 4) is 17.1 Å². The van der Waals surface area contributed by atoms with Crippen LogP contribution in [0.5, 0.6) is 5.75 Å². The molecule has 0 radical (unpaired) electrons. The van der Waals surface area contributed by atoms with Gasteiger partial charge in [0.05, 0.1) is 0 Å². The molecule has 3 aromatic rings. The number of piperidine rings is 2. The standard InChI is InChI=1S/C25H29ClN2O2/c26-19-6-4-5-18(15-19)25-16-21-22(23(29)7-8-24(21)30-25)17-27-13-9-20(10-14-27)28-11-2-1-3-12-28/h4-8,15-16,20,29H,1-3,9-14,17H2. The van der Waals surface area contributed by atoms with Crippen LogP contribution in [-0.2, 0) is 6.54 Å². The average Bonchev–Trinajstić information content (AvgIpc) is 3.22. The number of aromatic hydroxyl groups is 1. The molecule has 5 rings (SSSR count). The number of rotatable bonds is 4. The van der Waals surface area contributed by atoms with Crippen molar-refractivity contribution in [3.05, 3.63) is 53.1 Å². The van der Waals surface area contributed by atoms with Crippen molar-refractivity contribution in [1.82, 2.24) is 9.80 Å². The number of benzene rings is 2. The quantitative estimate of drug-likeness (QED) is 0.565. The molecule has 5 heteroatoms. The second-order valence-corrected chi connectivity index (χ2v) is 9.14. The maximum Gasteiger partial charge on any atom is 0.135 e. The van der Waals surface area contributed by atoms with E-state index in [-0.39, 0.29) is 0 Å². The van der Waals surface area contributed by atoms with Crippen LogP contribution < -0.4 is 0 Å². The van der Waals surface area contributed by atoms with E-state index >= 15 is 0 Å². The van der Waals surface area contributed by atoms with Gasteiger partial charge in [0, 0.05) is 34.1 Å². The van der Waals surface area contributed by atoms with Gasteiger partial charge in [0.15, 0.2) is 0 Å². The third-order valence-corrected chi connectivity index (χ3v) is 6.98. The summed E-state index contributed by atoms with van der Waals surface area (Å²) in [6.45, 7) is 5.45. The highest BCUT2D eigenvalue weighted by Gasteiger charge is 2.26. The van der Waals surface area contributed by atoms with Crippen LogP contribution in [-0.4, -0.2) is 47.1 Å². The summed E-state index contributed by atoms with van der Waals surface area (Å²) < 4.78 is 6.10. The zero-order valence-electron chi connectivity index (χ0n) is 17.3. The number of hydrogen-bond acceptors (Lipinski definition) is 4. The van der Waals surface area contributed by atoms with E-state index in [0.717, 1.165) is 53.5 Å². The van der Waals surface area contributed by atoms with E-state index in [1.807, 2.05) is 36.4 Å². The molecule has 2 saturated heterocycles. The zero-order valence-corrected chi connectivity index (χ0v) is 18.1. The molecule has 30 heavy (non-hydrogen) atoms. The summed E-state index contributed by atoms with van der Waals surface area (Å²) >= 11 is 6.15. The molecular formula is C25H29ClN2O2. The smallest absolute Gasteiger partial charge is 0.135 e. The number of phenolic OH excluding ortho intramolecular Hbond substituents is 1. The van der Waals surface area contributed by atoms with Gasteiger partial charge in [-0.25, -0.2) is 0 Å². The Kier molecular flexibility index (Phi) is 5.72. The molecule has 0 atom stereocenters. The fraction of sp³-hybridized carbons (Fsp3) is 0.440. The Bertz CT molecular complexity index is 1020. The van der Waals surface area contributed by atoms with Crippen molar-refractivity contribution in [2.75, 3.05) is 26.2 Å². The summed E-state index contributed by atoms with van der Waals surface area (Å²) in [6.07, 6.45) is 6.53. The number of furan rings is 1. The second-order valence-electron chi connectivity index (χ2n) is 8.70. The molecule has 2 aromatic carbocycles. The third-order valence-electron chi connectivity index (χ3n) is 6.74. The molecule has 0 amide bonds. The summed E-state index contributed by atoms with van der Waals surface area (Å²) in [4.78, 5) is 5.17. The molecule has 0 aliphatic carbocycles. The van der Waals surface area contributed by atoms with Gasteiger partial charge in [0.25, 0.3) is 0 Å². The van der Waals surface area contributed by atoms with Crippen molar-refractivity contribution in [1.29, 1.82) is 0 Å².